The maximum Gasteiger partial charge on any atom is 0.0590 e. The molecule has 0 spiro atoms. The molecule has 2 nitrogen and oxygen atoms in total. The highest BCUT2D eigenvalue weighted by molar-refractivity contribution is 4.69. The van der Waals surface area contributed by atoms with Crippen molar-refractivity contribution in [2.75, 3.05) is 26.3 Å². The van der Waals surface area contributed by atoms with Gasteiger partial charge in [0.2, 0.25) is 0 Å². The van der Waals surface area contributed by atoms with Gasteiger partial charge in [-0.1, -0.05) is 45.4 Å². The van der Waals surface area contributed by atoms with E-state index in [4.69, 9.17) is 4.74 Å². The second kappa shape index (κ2) is 11.0. The molecule has 0 aromatic heterocycles. The van der Waals surface area contributed by atoms with Crippen LogP contribution in [0.2, 0.25) is 0 Å². The van der Waals surface area contributed by atoms with Gasteiger partial charge in [-0.05, 0) is 31.7 Å². The summed E-state index contributed by atoms with van der Waals surface area (Å²) in [5, 5.41) is 3.51. The number of rotatable bonds is 11. The highest BCUT2D eigenvalue weighted by Crippen LogP contribution is 2.23. The van der Waals surface area contributed by atoms with Gasteiger partial charge in [0, 0.05) is 13.2 Å². The van der Waals surface area contributed by atoms with E-state index < -0.39 is 0 Å². The van der Waals surface area contributed by atoms with Crippen LogP contribution in [0, 0.1) is 5.92 Å². The van der Waals surface area contributed by atoms with Gasteiger partial charge in [0.05, 0.1) is 6.61 Å². The third-order valence-electron chi connectivity index (χ3n) is 3.72. The van der Waals surface area contributed by atoms with E-state index in [-0.39, 0.29) is 0 Å². The predicted molar refractivity (Wildman–Crippen MR) is 74.4 cm³/mol. The van der Waals surface area contributed by atoms with Crippen LogP contribution >= 0.6 is 0 Å². The minimum Gasteiger partial charge on any atom is -0.380 e. The molecule has 1 rings (SSSR count). The average Bonchev–Trinajstić information content (AvgIpc) is 2.85. The Bertz CT molecular complexity index is 155. The standard InChI is InChI=1S/C15H31NO/c1-2-3-4-5-8-12-17-13-11-16-14-15-9-6-7-10-15/h15-16H,2-14H2,1H3. The lowest BCUT2D eigenvalue weighted by Gasteiger charge is -2.10. The summed E-state index contributed by atoms with van der Waals surface area (Å²) in [6.45, 7) is 6.34. The Hall–Kier alpha value is -0.0800. The van der Waals surface area contributed by atoms with Gasteiger partial charge in [-0.3, -0.25) is 0 Å². The van der Waals surface area contributed by atoms with Gasteiger partial charge in [0.25, 0.3) is 0 Å². The van der Waals surface area contributed by atoms with Gasteiger partial charge in [-0.25, -0.2) is 0 Å². The lowest BCUT2D eigenvalue weighted by molar-refractivity contribution is 0.131. The quantitative estimate of drug-likeness (QED) is 0.556. The monoisotopic (exact) mass is 241 g/mol. The topological polar surface area (TPSA) is 21.3 Å². The Morgan fingerprint density at radius 3 is 2.53 bits per heavy atom. The van der Waals surface area contributed by atoms with Gasteiger partial charge in [0.15, 0.2) is 0 Å². The minimum absolute atomic E-state index is 0.889. The molecule has 1 N–H and O–H groups in total. The molecule has 102 valence electrons. The molecule has 0 amide bonds. The second-order valence-electron chi connectivity index (χ2n) is 5.38. The summed E-state index contributed by atoms with van der Waals surface area (Å²) in [7, 11) is 0. The molecule has 0 radical (unpaired) electrons. The Morgan fingerprint density at radius 2 is 1.76 bits per heavy atom. The first-order valence-electron chi connectivity index (χ1n) is 7.72. The molecule has 1 fully saturated rings. The molecule has 0 aliphatic heterocycles. The van der Waals surface area contributed by atoms with Crippen LogP contribution in [-0.2, 0) is 4.74 Å². The molecule has 0 aromatic rings. The van der Waals surface area contributed by atoms with Crippen LogP contribution in [0.15, 0.2) is 0 Å². The molecule has 2 heteroatoms. The SMILES string of the molecule is CCCCCCCOCCNCC1CCCC1. The number of hydrogen-bond donors (Lipinski definition) is 1. The van der Waals surface area contributed by atoms with Crippen molar-refractivity contribution in [2.24, 2.45) is 5.92 Å². The first-order chi connectivity index (χ1) is 8.43. The summed E-state index contributed by atoms with van der Waals surface area (Å²) >= 11 is 0. The third-order valence-corrected chi connectivity index (χ3v) is 3.72. The molecular formula is C15H31NO. The smallest absolute Gasteiger partial charge is 0.0590 e. The van der Waals surface area contributed by atoms with Gasteiger partial charge >= 0.3 is 0 Å². The normalized spacial score (nSPS) is 16.8. The largest absolute Gasteiger partial charge is 0.380 e. The number of ether oxygens (including phenoxy) is 1. The molecular weight excluding hydrogens is 210 g/mol. The highest BCUT2D eigenvalue weighted by Gasteiger charge is 2.13. The Morgan fingerprint density at radius 1 is 1.00 bits per heavy atom. The zero-order valence-electron chi connectivity index (χ0n) is 11.7. The van der Waals surface area contributed by atoms with Crippen LogP contribution in [0.25, 0.3) is 0 Å². The molecule has 0 saturated heterocycles. The summed E-state index contributed by atoms with van der Waals surface area (Å²) in [5.41, 5.74) is 0. The fourth-order valence-corrected chi connectivity index (χ4v) is 2.57. The van der Waals surface area contributed by atoms with Crippen molar-refractivity contribution in [3.05, 3.63) is 0 Å². The zero-order chi connectivity index (χ0) is 12.2. The van der Waals surface area contributed by atoms with E-state index in [0.29, 0.717) is 0 Å². The van der Waals surface area contributed by atoms with Crippen LogP contribution in [0.3, 0.4) is 0 Å². The van der Waals surface area contributed by atoms with Crippen molar-refractivity contribution >= 4 is 0 Å². The minimum atomic E-state index is 0.889. The Labute approximate surface area is 108 Å². The second-order valence-corrected chi connectivity index (χ2v) is 5.38. The van der Waals surface area contributed by atoms with Crippen LogP contribution in [0.4, 0.5) is 0 Å². The maximum absolute atomic E-state index is 5.62. The van der Waals surface area contributed by atoms with Crippen LogP contribution in [-0.4, -0.2) is 26.3 Å². The van der Waals surface area contributed by atoms with Crippen LogP contribution in [0.5, 0.6) is 0 Å². The molecule has 17 heavy (non-hydrogen) atoms. The Balaban J connectivity index is 1.69. The fraction of sp³-hybridized carbons (Fsp3) is 1.00. The number of nitrogens with one attached hydrogen (secondary N) is 1. The lowest BCUT2D eigenvalue weighted by atomic mass is 10.1. The van der Waals surface area contributed by atoms with Crippen molar-refractivity contribution in [2.45, 2.75) is 64.7 Å². The summed E-state index contributed by atoms with van der Waals surface area (Å²) in [6, 6.07) is 0. The van der Waals surface area contributed by atoms with Crippen molar-refractivity contribution in [1.82, 2.24) is 5.32 Å². The predicted octanol–water partition coefficient (Wildman–Crippen LogP) is 3.75. The molecule has 0 heterocycles. The molecule has 0 atom stereocenters. The molecule has 0 unspecified atom stereocenters. The van der Waals surface area contributed by atoms with E-state index in [9.17, 15) is 0 Å². The molecule has 0 aromatic carbocycles. The summed E-state index contributed by atoms with van der Waals surface area (Å²) in [4.78, 5) is 0. The first kappa shape index (κ1) is 15.0. The summed E-state index contributed by atoms with van der Waals surface area (Å²) < 4.78 is 5.62. The van der Waals surface area contributed by atoms with E-state index in [0.717, 1.165) is 25.7 Å². The average molecular weight is 241 g/mol. The maximum atomic E-state index is 5.62. The number of unbranched alkanes of at least 4 members (excludes halogenated alkanes) is 4. The van der Waals surface area contributed by atoms with E-state index in [2.05, 4.69) is 12.2 Å². The van der Waals surface area contributed by atoms with E-state index in [1.807, 2.05) is 0 Å². The lowest BCUT2D eigenvalue weighted by Crippen LogP contribution is -2.25. The summed E-state index contributed by atoms with van der Waals surface area (Å²) in [5.74, 6) is 0.948. The molecule has 1 aliphatic rings. The van der Waals surface area contributed by atoms with Gasteiger partial charge in [-0.15, -0.1) is 0 Å². The van der Waals surface area contributed by atoms with Crippen molar-refractivity contribution in [1.29, 1.82) is 0 Å². The summed E-state index contributed by atoms with van der Waals surface area (Å²) in [6.07, 6.45) is 12.4. The first-order valence-corrected chi connectivity index (χ1v) is 7.72. The van der Waals surface area contributed by atoms with Crippen LogP contribution in [0.1, 0.15) is 64.7 Å². The van der Waals surface area contributed by atoms with Gasteiger partial charge in [0.1, 0.15) is 0 Å². The van der Waals surface area contributed by atoms with Crippen molar-refractivity contribution in [3.8, 4) is 0 Å². The van der Waals surface area contributed by atoms with Gasteiger partial charge in [-0.2, -0.15) is 0 Å². The van der Waals surface area contributed by atoms with E-state index in [1.165, 1.54) is 64.3 Å². The Kier molecular flexibility index (Phi) is 9.72. The fourth-order valence-electron chi connectivity index (χ4n) is 2.57. The van der Waals surface area contributed by atoms with Crippen molar-refractivity contribution in [3.63, 3.8) is 0 Å². The number of hydrogen-bond acceptors (Lipinski definition) is 2. The van der Waals surface area contributed by atoms with Crippen molar-refractivity contribution < 1.29 is 4.74 Å². The van der Waals surface area contributed by atoms with Crippen LogP contribution < -0.4 is 5.32 Å². The molecule has 1 saturated carbocycles. The highest BCUT2D eigenvalue weighted by atomic mass is 16.5. The van der Waals surface area contributed by atoms with E-state index >= 15 is 0 Å². The third kappa shape index (κ3) is 8.62. The zero-order valence-corrected chi connectivity index (χ0v) is 11.7. The van der Waals surface area contributed by atoms with Gasteiger partial charge < -0.3 is 10.1 Å². The molecule has 1 aliphatic carbocycles. The molecule has 0 bridgehead atoms. The van der Waals surface area contributed by atoms with E-state index in [1.54, 1.807) is 0 Å².